The molecule has 8 heteroatoms. The van der Waals surface area contributed by atoms with Crippen molar-refractivity contribution >= 4 is 34.2 Å². The van der Waals surface area contributed by atoms with Crippen LogP contribution in [0.3, 0.4) is 0 Å². The van der Waals surface area contributed by atoms with Gasteiger partial charge in [-0.2, -0.15) is 0 Å². The number of benzene rings is 1. The van der Waals surface area contributed by atoms with Gasteiger partial charge < -0.3 is 15.6 Å². The Morgan fingerprint density at radius 2 is 2.08 bits per heavy atom. The molecule has 1 amide bonds. The molecular weight excluding hydrogens is 357 g/mol. The van der Waals surface area contributed by atoms with E-state index in [0.29, 0.717) is 16.4 Å². The first-order valence-corrected chi connectivity index (χ1v) is 8.59. The number of carbonyl (C=O) groups is 1. The van der Waals surface area contributed by atoms with Crippen LogP contribution >= 0.6 is 11.6 Å². The van der Waals surface area contributed by atoms with Crippen LogP contribution in [0.4, 0.5) is 10.2 Å². The number of halogens is 2. The van der Waals surface area contributed by atoms with Crippen LogP contribution in [0.5, 0.6) is 0 Å². The van der Waals surface area contributed by atoms with Crippen molar-refractivity contribution in [3.63, 3.8) is 0 Å². The first-order chi connectivity index (χ1) is 12.3. The van der Waals surface area contributed by atoms with Crippen LogP contribution < -0.4 is 10.6 Å². The molecule has 0 saturated carbocycles. The lowest BCUT2D eigenvalue weighted by atomic mass is 10.1. The molecule has 3 aromatic rings. The summed E-state index contributed by atoms with van der Waals surface area (Å²) in [5, 5.41) is 6.99. The van der Waals surface area contributed by atoms with Gasteiger partial charge in [0.1, 0.15) is 6.04 Å². The van der Waals surface area contributed by atoms with Crippen molar-refractivity contribution in [2.75, 3.05) is 5.32 Å². The summed E-state index contributed by atoms with van der Waals surface area (Å²) in [6, 6.07) is 4.77. The van der Waals surface area contributed by atoms with Gasteiger partial charge in [0.15, 0.2) is 17.5 Å². The number of anilines is 1. The lowest BCUT2D eigenvalue weighted by Gasteiger charge is -2.17. The van der Waals surface area contributed by atoms with E-state index < -0.39 is 11.9 Å². The smallest absolute Gasteiger partial charge is 0.242 e. The Labute approximate surface area is 155 Å². The van der Waals surface area contributed by atoms with Crippen molar-refractivity contribution in [2.45, 2.75) is 32.9 Å². The summed E-state index contributed by atoms with van der Waals surface area (Å²) in [6.45, 7) is 5.36. The number of nitrogens with one attached hydrogen (secondary N) is 3. The zero-order valence-electron chi connectivity index (χ0n) is 14.6. The number of nitrogens with zero attached hydrogens (tertiary/aromatic N) is 2. The minimum absolute atomic E-state index is 0.00599. The maximum Gasteiger partial charge on any atom is 0.242 e. The highest BCUT2D eigenvalue weighted by atomic mass is 35.5. The Morgan fingerprint density at radius 3 is 2.81 bits per heavy atom. The molecule has 1 atom stereocenters. The Balaban J connectivity index is 1.92. The van der Waals surface area contributed by atoms with Gasteiger partial charge in [-0.15, -0.1) is 0 Å². The van der Waals surface area contributed by atoms with Crippen LogP contribution in [0, 0.1) is 5.82 Å². The summed E-state index contributed by atoms with van der Waals surface area (Å²) in [5.74, 6) is -0.564. The van der Waals surface area contributed by atoms with Gasteiger partial charge in [0.05, 0.1) is 6.20 Å². The van der Waals surface area contributed by atoms with Crippen molar-refractivity contribution in [1.82, 2.24) is 20.3 Å². The molecule has 6 nitrogen and oxygen atoms in total. The average molecular weight is 376 g/mol. The van der Waals surface area contributed by atoms with Gasteiger partial charge in [-0.05, 0) is 39.0 Å². The molecule has 3 N–H and O–H groups in total. The number of hydrogen-bond acceptors (Lipinski definition) is 4. The highest BCUT2D eigenvalue weighted by Crippen LogP contribution is 2.29. The number of aromatic nitrogens is 3. The number of H-pyrrole nitrogens is 1. The van der Waals surface area contributed by atoms with Crippen LogP contribution in [0.25, 0.3) is 22.3 Å². The van der Waals surface area contributed by atoms with E-state index in [0.717, 1.165) is 17.1 Å². The number of carbonyl (C=O) groups excluding carboxylic acids is 1. The fourth-order valence-corrected chi connectivity index (χ4v) is 2.73. The molecule has 0 aliphatic carbocycles. The largest absolute Gasteiger partial charge is 0.360 e. The van der Waals surface area contributed by atoms with Gasteiger partial charge in [0.2, 0.25) is 5.91 Å². The predicted molar refractivity (Wildman–Crippen MR) is 101 cm³/mol. The standard InChI is InChI=1S/C18H19ClFN5O/c1-9(2)23-18(26)10(3)24-17-14(20)8-22-16(25-17)13-7-21-15-5-4-11(19)6-12(13)15/h4-10,21H,1-3H3,(H,23,26)(H,22,24,25)/t10-/m0/s1. The zero-order chi connectivity index (χ0) is 18.8. The molecule has 2 heterocycles. The van der Waals surface area contributed by atoms with Crippen LogP contribution in [-0.4, -0.2) is 32.9 Å². The molecule has 0 radical (unpaired) electrons. The van der Waals surface area contributed by atoms with E-state index in [-0.39, 0.29) is 17.8 Å². The molecule has 0 bridgehead atoms. The molecule has 1 aromatic carbocycles. The molecule has 0 aliphatic rings. The lowest BCUT2D eigenvalue weighted by Crippen LogP contribution is -2.41. The van der Waals surface area contributed by atoms with Crippen molar-refractivity contribution in [2.24, 2.45) is 0 Å². The van der Waals surface area contributed by atoms with Crippen LogP contribution in [0.1, 0.15) is 20.8 Å². The molecule has 0 aliphatic heterocycles. The zero-order valence-corrected chi connectivity index (χ0v) is 15.4. The van der Waals surface area contributed by atoms with Gasteiger partial charge in [-0.1, -0.05) is 11.6 Å². The van der Waals surface area contributed by atoms with Crippen molar-refractivity contribution in [3.05, 3.63) is 41.4 Å². The summed E-state index contributed by atoms with van der Waals surface area (Å²) in [5.41, 5.74) is 1.57. The monoisotopic (exact) mass is 375 g/mol. The summed E-state index contributed by atoms with van der Waals surface area (Å²) >= 11 is 6.07. The third-order valence-electron chi connectivity index (χ3n) is 3.81. The van der Waals surface area contributed by atoms with Crippen LogP contribution in [-0.2, 0) is 4.79 Å². The Bertz CT molecular complexity index is 956. The van der Waals surface area contributed by atoms with Gasteiger partial charge >= 0.3 is 0 Å². The fourth-order valence-electron chi connectivity index (χ4n) is 2.56. The average Bonchev–Trinajstić information content (AvgIpc) is 2.99. The van der Waals surface area contributed by atoms with Gasteiger partial charge in [0, 0.05) is 33.7 Å². The molecule has 2 aromatic heterocycles. The Hall–Kier alpha value is -2.67. The second-order valence-electron chi connectivity index (χ2n) is 6.31. The first kappa shape index (κ1) is 18.1. The van der Waals surface area contributed by atoms with Gasteiger partial charge in [-0.25, -0.2) is 14.4 Å². The third kappa shape index (κ3) is 3.77. The Kier molecular flexibility index (Phi) is 5.08. The number of aromatic amines is 1. The van der Waals surface area contributed by atoms with Gasteiger partial charge in [-0.3, -0.25) is 4.79 Å². The van der Waals surface area contributed by atoms with Crippen LogP contribution in [0.2, 0.25) is 5.02 Å². The van der Waals surface area contributed by atoms with Crippen molar-refractivity contribution in [3.8, 4) is 11.4 Å². The summed E-state index contributed by atoms with van der Waals surface area (Å²) in [6.07, 6.45) is 2.83. The molecule has 136 valence electrons. The fraction of sp³-hybridized carbons (Fsp3) is 0.278. The van der Waals surface area contributed by atoms with E-state index >= 15 is 0 Å². The minimum Gasteiger partial charge on any atom is -0.360 e. The summed E-state index contributed by atoms with van der Waals surface area (Å²) in [7, 11) is 0. The SMILES string of the molecule is CC(C)NC(=O)[C@H](C)Nc1nc(-c2c[nH]c3ccc(Cl)cc23)ncc1F. The normalized spacial score (nSPS) is 12.4. The predicted octanol–water partition coefficient (Wildman–Crippen LogP) is 3.74. The third-order valence-corrected chi connectivity index (χ3v) is 4.04. The molecular formula is C18H19ClFN5O. The van der Waals surface area contributed by atoms with Crippen molar-refractivity contribution in [1.29, 1.82) is 0 Å². The van der Waals surface area contributed by atoms with E-state index in [1.165, 1.54) is 0 Å². The number of amides is 1. The van der Waals surface area contributed by atoms with E-state index in [1.807, 2.05) is 19.9 Å². The molecule has 0 spiro atoms. The Morgan fingerprint density at radius 1 is 1.31 bits per heavy atom. The van der Waals surface area contributed by atoms with Crippen molar-refractivity contribution < 1.29 is 9.18 Å². The van der Waals surface area contributed by atoms with Crippen LogP contribution in [0.15, 0.2) is 30.6 Å². The second kappa shape index (κ2) is 7.29. The van der Waals surface area contributed by atoms with E-state index in [4.69, 9.17) is 11.6 Å². The molecule has 0 unspecified atom stereocenters. The highest BCUT2D eigenvalue weighted by molar-refractivity contribution is 6.31. The maximum atomic E-state index is 14.1. The first-order valence-electron chi connectivity index (χ1n) is 8.21. The van der Waals surface area contributed by atoms with E-state index in [9.17, 15) is 9.18 Å². The topological polar surface area (TPSA) is 82.7 Å². The lowest BCUT2D eigenvalue weighted by molar-refractivity contribution is -0.122. The number of hydrogen-bond donors (Lipinski definition) is 3. The molecule has 26 heavy (non-hydrogen) atoms. The number of fused-ring (bicyclic) bond motifs is 1. The second-order valence-corrected chi connectivity index (χ2v) is 6.75. The minimum atomic E-state index is -0.646. The molecule has 0 fully saturated rings. The quantitative estimate of drug-likeness (QED) is 0.634. The van der Waals surface area contributed by atoms with Gasteiger partial charge in [0.25, 0.3) is 0 Å². The number of rotatable bonds is 5. The summed E-state index contributed by atoms with van der Waals surface area (Å²) < 4.78 is 14.1. The summed E-state index contributed by atoms with van der Waals surface area (Å²) in [4.78, 5) is 23.5. The molecule has 0 saturated heterocycles. The highest BCUT2D eigenvalue weighted by Gasteiger charge is 2.18. The molecule has 3 rings (SSSR count). The van der Waals surface area contributed by atoms with E-state index in [1.54, 1.807) is 25.3 Å². The maximum absolute atomic E-state index is 14.1. The van der Waals surface area contributed by atoms with E-state index in [2.05, 4.69) is 25.6 Å².